The second-order valence-electron chi connectivity index (χ2n) is 7.94. The van der Waals surface area contributed by atoms with Gasteiger partial charge in [0.2, 0.25) is 23.6 Å². The second-order valence-corrected chi connectivity index (χ2v) is 7.94. The number of carbonyl (C=O) groups is 5. The van der Waals surface area contributed by atoms with Crippen LogP contribution in [-0.4, -0.2) is 65.4 Å². The molecule has 0 saturated heterocycles. The van der Waals surface area contributed by atoms with E-state index in [9.17, 15) is 29.1 Å². The Morgan fingerprint density at radius 2 is 1.53 bits per heavy atom. The van der Waals surface area contributed by atoms with Crippen LogP contribution in [0.3, 0.4) is 0 Å². The normalized spacial score (nSPS) is 14.2. The molecular weight excluding hydrogens is 444 g/mol. The van der Waals surface area contributed by atoms with Crippen LogP contribution in [0.25, 0.3) is 0 Å². The molecule has 0 spiro atoms. The van der Waals surface area contributed by atoms with Gasteiger partial charge in [0, 0.05) is 6.42 Å². The maximum Gasteiger partial charge on any atom is 0.326 e. The van der Waals surface area contributed by atoms with Crippen LogP contribution in [0.4, 0.5) is 0 Å². The molecule has 1 aromatic rings. The lowest BCUT2D eigenvalue weighted by Gasteiger charge is -2.23. The SMILES string of the molecule is CC(NC(=O)C(Cc1ccccc1)NC(=O)C(N)CC(N)=O)C(=O)NC(CCCCN)C(=O)O. The van der Waals surface area contributed by atoms with Gasteiger partial charge in [0.05, 0.1) is 12.5 Å². The van der Waals surface area contributed by atoms with Gasteiger partial charge in [0.25, 0.3) is 0 Å². The molecule has 12 heteroatoms. The van der Waals surface area contributed by atoms with Crippen LogP contribution < -0.4 is 33.2 Å². The summed E-state index contributed by atoms with van der Waals surface area (Å²) in [4.78, 5) is 60.2. The molecule has 0 heterocycles. The fraction of sp³-hybridized carbons (Fsp3) is 0.500. The number of hydrogen-bond donors (Lipinski definition) is 7. The lowest BCUT2D eigenvalue weighted by molar-refractivity contribution is -0.142. The number of benzene rings is 1. The molecule has 0 radical (unpaired) electrons. The first-order valence-corrected chi connectivity index (χ1v) is 11.0. The summed E-state index contributed by atoms with van der Waals surface area (Å²) in [6.07, 6.45) is 1.03. The predicted molar refractivity (Wildman–Crippen MR) is 124 cm³/mol. The summed E-state index contributed by atoms with van der Waals surface area (Å²) >= 11 is 0. The Bertz CT molecular complexity index is 850. The van der Waals surface area contributed by atoms with Crippen LogP contribution in [0, 0.1) is 0 Å². The van der Waals surface area contributed by atoms with Crippen LogP contribution >= 0.6 is 0 Å². The number of carboxylic acids is 1. The molecule has 4 atom stereocenters. The van der Waals surface area contributed by atoms with Gasteiger partial charge in [-0.3, -0.25) is 19.2 Å². The zero-order valence-electron chi connectivity index (χ0n) is 19.2. The van der Waals surface area contributed by atoms with Crippen molar-refractivity contribution in [3.05, 3.63) is 35.9 Å². The number of rotatable bonds is 15. The van der Waals surface area contributed by atoms with E-state index in [1.54, 1.807) is 30.3 Å². The third-order valence-corrected chi connectivity index (χ3v) is 4.99. The van der Waals surface area contributed by atoms with Crippen molar-refractivity contribution in [1.29, 1.82) is 0 Å². The monoisotopic (exact) mass is 478 g/mol. The molecule has 10 N–H and O–H groups in total. The van der Waals surface area contributed by atoms with E-state index in [2.05, 4.69) is 16.0 Å². The standard InChI is InChI=1S/C22H34N6O6/c1-13(19(30)27-16(22(33)34)9-5-6-10-23)26-21(32)17(11-14-7-3-2-4-8-14)28-20(31)15(24)12-18(25)29/h2-4,7-8,13,15-17H,5-6,9-12,23-24H2,1H3,(H2,25,29)(H,26,32)(H,27,30)(H,28,31)(H,33,34). The minimum Gasteiger partial charge on any atom is -0.480 e. The van der Waals surface area contributed by atoms with E-state index in [1.165, 1.54) is 6.92 Å². The topological polar surface area (TPSA) is 220 Å². The maximum atomic E-state index is 12.9. The highest BCUT2D eigenvalue weighted by atomic mass is 16.4. The van der Waals surface area contributed by atoms with Crippen molar-refractivity contribution in [1.82, 2.24) is 16.0 Å². The summed E-state index contributed by atoms with van der Waals surface area (Å²) in [5.74, 6) is -4.08. The first-order valence-electron chi connectivity index (χ1n) is 11.0. The van der Waals surface area contributed by atoms with Crippen molar-refractivity contribution in [2.45, 2.75) is 63.2 Å². The van der Waals surface area contributed by atoms with Crippen LogP contribution in [-0.2, 0) is 30.4 Å². The highest BCUT2D eigenvalue weighted by Crippen LogP contribution is 2.06. The molecule has 0 aliphatic rings. The Hall–Kier alpha value is -3.51. The molecule has 12 nitrogen and oxygen atoms in total. The van der Waals surface area contributed by atoms with Gasteiger partial charge in [0.1, 0.15) is 18.1 Å². The van der Waals surface area contributed by atoms with Crippen molar-refractivity contribution in [3.8, 4) is 0 Å². The summed E-state index contributed by atoms with van der Waals surface area (Å²) in [7, 11) is 0. The molecule has 1 aromatic carbocycles. The predicted octanol–water partition coefficient (Wildman–Crippen LogP) is -1.88. The molecule has 0 aromatic heterocycles. The molecule has 0 fully saturated rings. The second kappa shape index (κ2) is 14.6. The Labute approximate surface area is 198 Å². The summed E-state index contributed by atoms with van der Waals surface area (Å²) in [5.41, 5.74) is 16.9. The van der Waals surface area contributed by atoms with E-state index >= 15 is 0 Å². The van der Waals surface area contributed by atoms with E-state index in [4.69, 9.17) is 17.2 Å². The molecule has 0 bridgehead atoms. The van der Waals surface area contributed by atoms with Crippen LogP contribution in [0.15, 0.2) is 30.3 Å². The first kappa shape index (κ1) is 28.5. The highest BCUT2D eigenvalue weighted by Gasteiger charge is 2.28. The third kappa shape index (κ3) is 10.4. The molecule has 4 amide bonds. The number of nitrogens with two attached hydrogens (primary N) is 3. The average molecular weight is 479 g/mol. The number of aliphatic carboxylic acids is 1. The van der Waals surface area contributed by atoms with Gasteiger partial charge in [-0.1, -0.05) is 30.3 Å². The van der Waals surface area contributed by atoms with Gasteiger partial charge in [-0.2, -0.15) is 0 Å². The van der Waals surface area contributed by atoms with Crippen molar-refractivity contribution < 1.29 is 29.1 Å². The van der Waals surface area contributed by atoms with Crippen LogP contribution in [0.5, 0.6) is 0 Å². The third-order valence-electron chi connectivity index (χ3n) is 4.99. The van der Waals surface area contributed by atoms with Gasteiger partial charge in [-0.05, 0) is 38.3 Å². The Morgan fingerprint density at radius 1 is 0.912 bits per heavy atom. The maximum absolute atomic E-state index is 12.9. The smallest absolute Gasteiger partial charge is 0.326 e. The van der Waals surface area contributed by atoms with Crippen molar-refractivity contribution in [2.24, 2.45) is 17.2 Å². The summed E-state index contributed by atoms with van der Waals surface area (Å²) in [6.45, 7) is 1.80. The van der Waals surface area contributed by atoms with Crippen molar-refractivity contribution in [3.63, 3.8) is 0 Å². The largest absolute Gasteiger partial charge is 0.480 e. The molecule has 0 aliphatic heterocycles. The van der Waals surface area contributed by atoms with Crippen molar-refractivity contribution >= 4 is 29.6 Å². The Kier molecular flexibility index (Phi) is 12.2. The lowest BCUT2D eigenvalue weighted by atomic mass is 10.0. The fourth-order valence-electron chi connectivity index (χ4n) is 3.07. The van der Waals surface area contributed by atoms with E-state index in [0.717, 1.165) is 5.56 Å². The number of unbranched alkanes of at least 4 members (excludes halogenated alkanes) is 1. The van der Waals surface area contributed by atoms with Crippen molar-refractivity contribution in [2.75, 3.05) is 6.54 Å². The van der Waals surface area contributed by atoms with E-state index in [0.29, 0.717) is 19.4 Å². The molecular formula is C22H34N6O6. The van der Waals surface area contributed by atoms with E-state index < -0.39 is 60.2 Å². The quantitative estimate of drug-likeness (QED) is 0.141. The summed E-state index contributed by atoms with van der Waals surface area (Å²) in [5, 5.41) is 16.7. The summed E-state index contributed by atoms with van der Waals surface area (Å²) in [6, 6.07) is 4.27. The zero-order chi connectivity index (χ0) is 25.7. The van der Waals surface area contributed by atoms with Gasteiger partial charge in [-0.25, -0.2) is 4.79 Å². The number of hydrogen-bond acceptors (Lipinski definition) is 7. The zero-order valence-corrected chi connectivity index (χ0v) is 19.2. The average Bonchev–Trinajstić information content (AvgIpc) is 2.77. The van der Waals surface area contributed by atoms with Gasteiger partial charge >= 0.3 is 5.97 Å². The van der Waals surface area contributed by atoms with E-state index in [-0.39, 0.29) is 12.8 Å². The number of carboxylic acid groups (broad SMARTS) is 1. The van der Waals surface area contributed by atoms with Gasteiger partial charge in [-0.15, -0.1) is 0 Å². The first-order chi connectivity index (χ1) is 16.0. The van der Waals surface area contributed by atoms with Crippen LogP contribution in [0.1, 0.15) is 38.2 Å². The Balaban J connectivity index is 2.86. The molecule has 188 valence electrons. The number of amides is 4. The minimum absolute atomic E-state index is 0.0902. The fourth-order valence-corrected chi connectivity index (χ4v) is 3.07. The molecule has 4 unspecified atom stereocenters. The number of nitrogens with one attached hydrogen (secondary N) is 3. The Morgan fingerprint density at radius 3 is 2.09 bits per heavy atom. The van der Waals surface area contributed by atoms with Gasteiger partial charge < -0.3 is 38.3 Å². The molecule has 34 heavy (non-hydrogen) atoms. The van der Waals surface area contributed by atoms with Crippen LogP contribution in [0.2, 0.25) is 0 Å². The summed E-state index contributed by atoms with van der Waals surface area (Å²) < 4.78 is 0. The molecule has 1 rings (SSSR count). The number of carbonyl (C=O) groups excluding carboxylic acids is 4. The van der Waals surface area contributed by atoms with Gasteiger partial charge in [0.15, 0.2) is 0 Å². The number of primary amides is 1. The molecule has 0 saturated carbocycles. The minimum atomic E-state index is -1.24. The highest BCUT2D eigenvalue weighted by molar-refractivity contribution is 5.95. The molecule has 0 aliphatic carbocycles. The van der Waals surface area contributed by atoms with E-state index in [1.807, 2.05) is 0 Å². The lowest BCUT2D eigenvalue weighted by Crippen LogP contribution is -2.57.